The molecule has 1 aromatic rings. The molecule has 2 heteroatoms. The summed E-state index contributed by atoms with van der Waals surface area (Å²) < 4.78 is 0. The summed E-state index contributed by atoms with van der Waals surface area (Å²) in [6.45, 7) is 9.48. The normalized spacial score (nSPS) is 14.7. The highest BCUT2D eigenvalue weighted by Crippen LogP contribution is 2.22. The van der Waals surface area contributed by atoms with Gasteiger partial charge in [0.15, 0.2) is 0 Å². The molecule has 0 saturated carbocycles. The van der Waals surface area contributed by atoms with Gasteiger partial charge >= 0.3 is 0 Å². The van der Waals surface area contributed by atoms with Crippen LogP contribution in [0.4, 0.5) is 5.69 Å². The molecule has 0 bridgehead atoms. The first-order valence-electron chi connectivity index (χ1n) is 6.50. The summed E-state index contributed by atoms with van der Waals surface area (Å²) in [7, 11) is 0. The van der Waals surface area contributed by atoms with Gasteiger partial charge in [0.2, 0.25) is 0 Å². The maximum Gasteiger partial charge on any atom is 0.0467 e. The molecule has 0 saturated heterocycles. The van der Waals surface area contributed by atoms with Crippen LogP contribution in [0.15, 0.2) is 24.3 Å². The van der Waals surface area contributed by atoms with Crippen LogP contribution < -0.4 is 11.1 Å². The van der Waals surface area contributed by atoms with Crippen LogP contribution >= 0.6 is 0 Å². The fraction of sp³-hybridized carbons (Fsp3) is 0.600. The predicted molar refractivity (Wildman–Crippen MR) is 76.3 cm³/mol. The number of nitrogens with one attached hydrogen (secondary N) is 1. The van der Waals surface area contributed by atoms with Crippen LogP contribution in [0.3, 0.4) is 0 Å². The zero-order valence-corrected chi connectivity index (χ0v) is 11.6. The molecule has 1 atom stereocenters. The number of hydrogen-bond acceptors (Lipinski definition) is 2. The molecule has 1 rings (SSSR count). The van der Waals surface area contributed by atoms with E-state index in [2.05, 4.69) is 57.3 Å². The molecule has 0 fully saturated rings. The first kappa shape index (κ1) is 14.0. The van der Waals surface area contributed by atoms with Crippen LogP contribution in [-0.2, 0) is 0 Å². The second kappa shape index (κ2) is 6.06. The molecule has 0 aliphatic heterocycles. The Morgan fingerprint density at radius 3 is 2.59 bits per heavy atom. The number of nitrogens with two attached hydrogens (primary N) is 1. The highest BCUT2D eigenvalue weighted by Gasteiger charge is 2.22. The van der Waals surface area contributed by atoms with Crippen molar-refractivity contribution in [3.63, 3.8) is 0 Å². The Kier molecular flexibility index (Phi) is 5.01. The van der Waals surface area contributed by atoms with Crippen LogP contribution in [0.25, 0.3) is 0 Å². The molecule has 1 unspecified atom stereocenters. The van der Waals surface area contributed by atoms with E-state index in [-0.39, 0.29) is 5.54 Å². The van der Waals surface area contributed by atoms with Crippen molar-refractivity contribution in [3.05, 3.63) is 29.8 Å². The monoisotopic (exact) mass is 234 g/mol. The summed E-state index contributed by atoms with van der Waals surface area (Å²) >= 11 is 0. The Balaban J connectivity index is 2.67. The summed E-state index contributed by atoms with van der Waals surface area (Å²) in [5, 5.41) is 3.58. The summed E-state index contributed by atoms with van der Waals surface area (Å²) in [6.07, 6.45) is 2.31. The Hall–Kier alpha value is -1.02. The lowest BCUT2D eigenvalue weighted by atomic mass is 9.91. The van der Waals surface area contributed by atoms with E-state index in [1.54, 1.807) is 0 Å². The van der Waals surface area contributed by atoms with Crippen molar-refractivity contribution in [2.24, 2.45) is 11.7 Å². The molecule has 17 heavy (non-hydrogen) atoms. The van der Waals surface area contributed by atoms with Gasteiger partial charge in [-0.2, -0.15) is 0 Å². The highest BCUT2D eigenvalue weighted by molar-refractivity contribution is 5.47. The van der Waals surface area contributed by atoms with Gasteiger partial charge in [-0.15, -0.1) is 0 Å². The minimum Gasteiger partial charge on any atom is -0.379 e. The van der Waals surface area contributed by atoms with Crippen LogP contribution in [-0.4, -0.2) is 12.1 Å². The van der Waals surface area contributed by atoms with Crippen molar-refractivity contribution in [3.8, 4) is 0 Å². The van der Waals surface area contributed by atoms with E-state index in [0.717, 1.165) is 12.3 Å². The lowest BCUT2D eigenvalue weighted by Gasteiger charge is -2.31. The minimum atomic E-state index is -0.00192. The molecule has 0 amide bonds. The molecule has 0 heterocycles. The number of aryl methyl sites for hydroxylation is 1. The molecule has 0 spiro atoms. The van der Waals surface area contributed by atoms with Crippen molar-refractivity contribution in [2.45, 2.75) is 46.1 Å². The molecule has 3 N–H and O–H groups in total. The largest absolute Gasteiger partial charge is 0.379 e. The van der Waals surface area contributed by atoms with Crippen molar-refractivity contribution in [1.29, 1.82) is 0 Å². The van der Waals surface area contributed by atoms with E-state index in [1.807, 2.05) is 0 Å². The summed E-state index contributed by atoms with van der Waals surface area (Å²) in [6, 6.07) is 8.47. The number of benzene rings is 1. The zero-order valence-electron chi connectivity index (χ0n) is 11.6. The van der Waals surface area contributed by atoms with Crippen molar-refractivity contribution >= 4 is 5.69 Å². The van der Waals surface area contributed by atoms with E-state index < -0.39 is 0 Å². The topological polar surface area (TPSA) is 38.0 Å². The number of rotatable bonds is 6. The van der Waals surface area contributed by atoms with Gasteiger partial charge in [0.1, 0.15) is 0 Å². The smallest absolute Gasteiger partial charge is 0.0467 e. The molecule has 0 aromatic heterocycles. The molecule has 96 valence electrons. The van der Waals surface area contributed by atoms with E-state index >= 15 is 0 Å². The molecule has 0 radical (unpaired) electrons. The Bertz CT molecular complexity index is 347. The van der Waals surface area contributed by atoms with Gasteiger partial charge < -0.3 is 11.1 Å². The van der Waals surface area contributed by atoms with Crippen molar-refractivity contribution < 1.29 is 0 Å². The summed E-state index contributed by atoms with van der Waals surface area (Å²) in [5.41, 5.74) is 8.36. The number of hydrogen-bond donors (Lipinski definition) is 2. The molecule has 1 aromatic carbocycles. The summed E-state index contributed by atoms with van der Waals surface area (Å²) in [5.74, 6) is 0.722. The maximum absolute atomic E-state index is 5.92. The average Bonchev–Trinajstić information content (AvgIpc) is 2.26. The highest BCUT2D eigenvalue weighted by atomic mass is 15.0. The van der Waals surface area contributed by atoms with Crippen LogP contribution in [0.1, 0.15) is 39.2 Å². The van der Waals surface area contributed by atoms with Gasteiger partial charge in [-0.25, -0.2) is 0 Å². The first-order chi connectivity index (χ1) is 7.95. The van der Waals surface area contributed by atoms with Crippen LogP contribution in [0, 0.1) is 12.8 Å². The molecule has 0 aliphatic carbocycles. The van der Waals surface area contributed by atoms with Crippen LogP contribution in [0.5, 0.6) is 0 Å². The second-order valence-electron chi connectivity index (χ2n) is 5.69. The zero-order chi connectivity index (χ0) is 12.9. The molecular weight excluding hydrogens is 208 g/mol. The molecular formula is C15H26N2. The molecule has 0 aliphatic rings. The van der Waals surface area contributed by atoms with Crippen LogP contribution in [0.2, 0.25) is 0 Å². The van der Waals surface area contributed by atoms with Crippen molar-refractivity contribution in [2.75, 3.05) is 11.9 Å². The SMILES string of the molecule is Cc1cccc(NC(C)(CN)CCC(C)C)c1. The molecule has 2 nitrogen and oxygen atoms in total. The Morgan fingerprint density at radius 2 is 2.06 bits per heavy atom. The third kappa shape index (κ3) is 4.78. The number of anilines is 1. The van der Waals surface area contributed by atoms with E-state index in [4.69, 9.17) is 5.73 Å². The minimum absolute atomic E-state index is 0.00192. The third-order valence-corrected chi connectivity index (χ3v) is 3.19. The fourth-order valence-corrected chi connectivity index (χ4v) is 1.89. The Morgan fingerprint density at radius 1 is 1.35 bits per heavy atom. The third-order valence-electron chi connectivity index (χ3n) is 3.19. The second-order valence-corrected chi connectivity index (χ2v) is 5.69. The fourth-order valence-electron chi connectivity index (χ4n) is 1.89. The maximum atomic E-state index is 5.92. The quantitative estimate of drug-likeness (QED) is 0.790. The van der Waals surface area contributed by atoms with Gasteiger partial charge in [-0.3, -0.25) is 0 Å². The predicted octanol–water partition coefficient (Wildman–Crippen LogP) is 3.56. The van der Waals surface area contributed by atoms with Gasteiger partial charge in [0.05, 0.1) is 0 Å². The lowest BCUT2D eigenvalue weighted by Crippen LogP contribution is -2.42. The lowest BCUT2D eigenvalue weighted by molar-refractivity contribution is 0.420. The van der Waals surface area contributed by atoms with Gasteiger partial charge in [-0.05, 0) is 50.3 Å². The van der Waals surface area contributed by atoms with E-state index in [9.17, 15) is 0 Å². The van der Waals surface area contributed by atoms with Gasteiger partial charge in [-0.1, -0.05) is 26.0 Å². The standard InChI is InChI=1S/C15H26N2/c1-12(2)8-9-15(4,11-16)17-14-7-5-6-13(3)10-14/h5-7,10,12,17H,8-9,11,16H2,1-4H3. The van der Waals surface area contributed by atoms with E-state index in [1.165, 1.54) is 17.7 Å². The summed E-state index contributed by atoms with van der Waals surface area (Å²) in [4.78, 5) is 0. The first-order valence-corrected chi connectivity index (χ1v) is 6.50. The van der Waals surface area contributed by atoms with Gasteiger partial charge in [0.25, 0.3) is 0 Å². The van der Waals surface area contributed by atoms with Crippen molar-refractivity contribution in [1.82, 2.24) is 0 Å². The average molecular weight is 234 g/mol. The Labute approximate surface area is 106 Å². The van der Waals surface area contributed by atoms with Gasteiger partial charge in [0, 0.05) is 17.8 Å². The van der Waals surface area contributed by atoms with E-state index in [0.29, 0.717) is 6.54 Å².